The highest BCUT2D eigenvalue weighted by Crippen LogP contribution is 2.55. The number of likely N-dealkylation sites (N-methyl/N-ethyl adjacent to an activating group) is 1. The van der Waals surface area contributed by atoms with E-state index in [2.05, 4.69) is 11.9 Å². The Kier molecular flexibility index (Phi) is 3.35. The minimum Gasteiger partial charge on any atom is -0.504 e. The van der Waals surface area contributed by atoms with Crippen LogP contribution in [0.4, 0.5) is 0 Å². The van der Waals surface area contributed by atoms with E-state index >= 15 is 0 Å². The minimum atomic E-state index is -0.116. The summed E-state index contributed by atoms with van der Waals surface area (Å²) in [6, 6.07) is 5.71. The number of hydrogen-bond donors (Lipinski definition) is 2. The third-order valence-electron chi connectivity index (χ3n) is 5.30. The Morgan fingerprint density at radius 2 is 1.88 bits per heavy atom. The minimum absolute atomic E-state index is 0.0899. The zero-order chi connectivity index (χ0) is 17.0. The average Bonchev–Trinajstić information content (AvgIpc) is 2.60. The molecule has 0 aromatic heterocycles. The first-order valence-corrected chi connectivity index (χ1v) is 8.09. The second kappa shape index (κ2) is 5.31. The lowest BCUT2D eigenvalue weighted by Crippen LogP contribution is -2.35. The molecule has 0 bridgehead atoms. The van der Waals surface area contributed by atoms with E-state index in [1.165, 1.54) is 11.1 Å². The van der Waals surface area contributed by atoms with Gasteiger partial charge in [0.15, 0.2) is 23.0 Å². The van der Waals surface area contributed by atoms with Crippen LogP contribution in [0, 0.1) is 0 Å². The Bertz CT molecular complexity index is 831. The van der Waals surface area contributed by atoms with Crippen molar-refractivity contribution in [1.82, 2.24) is 4.90 Å². The smallest absolute Gasteiger partial charge is 0.169 e. The molecule has 1 aliphatic heterocycles. The van der Waals surface area contributed by atoms with Crippen molar-refractivity contribution in [2.75, 3.05) is 27.8 Å². The van der Waals surface area contributed by atoms with Gasteiger partial charge < -0.3 is 19.7 Å². The first kappa shape index (κ1) is 15.1. The summed E-state index contributed by atoms with van der Waals surface area (Å²) in [5.41, 5.74) is 4.91. The van der Waals surface area contributed by atoms with Crippen LogP contribution in [-0.2, 0) is 12.8 Å². The highest BCUT2D eigenvalue weighted by molar-refractivity contribution is 5.88. The second-order valence-electron chi connectivity index (χ2n) is 6.48. The van der Waals surface area contributed by atoms with Crippen LogP contribution in [-0.4, -0.2) is 42.9 Å². The van der Waals surface area contributed by atoms with Crippen LogP contribution < -0.4 is 9.47 Å². The van der Waals surface area contributed by atoms with Crippen LogP contribution in [0.15, 0.2) is 18.2 Å². The molecule has 0 spiro atoms. The normalized spacial score (nSPS) is 18.7. The van der Waals surface area contributed by atoms with Gasteiger partial charge in [0, 0.05) is 23.7 Å². The molecule has 0 amide bonds. The summed E-state index contributed by atoms with van der Waals surface area (Å²) < 4.78 is 11.2. The summed E-state index contributed by atoms with van der Waals surface area (Å²) in [5, 5.41) is 20.6. The Hall–Kier alpha value is -2.40. The fraction of sp³-hybridized carbons (Fsp3) is 0.368. The van der Waals surface area contributed by atoms with Gasteiger partial charge in [0.2, 0.25) is 0 Å². The summed E-state index contributed by atoms with van der Waals surface area (Å²) in [7, 11) is 5.35. The zero-order valence-corrected chi connectivity index (χ0v) is 14.1. The van der Waals surface area contributed by atoms with Crippen LogP contribution in [0.1, 0.15) is 22.7 Å². The molecule has 0 radical (unpaired) electrons. The van der Waals surface area contributed by atoms with E-state index in [-0.39, 0.29) is 17.5 Å². The molecule has 24 heavy (non-hydrogen) atoms. The largest absolute Gasteiger partial charge is 0.504 e. The highest BCUT2D eigenvalue weighted by atomic mass is 16.5. The van der Waals surface area contributed by atoms with Gasteiger partial charge >= 0.3 is 0 Å². The summed E-state index contributed by atoms with van der Waals surface area (Å²) in [4.78, 5) is 2.34. The topological polar surface area (TPSA) is 62.2 Å². The van der Waals surface area contributed by atoms with E-state index in [0.29, 0.717) is 17.1 Å². The summed E-state index contributed by atoms with van der Waals surface area (Å²) in [5.74, 6) is 1.06. The predicted molar refractivity (Wildman–Crippen MR) is 91.1 cm³/mol. The van der Waals surface area contributed by atoms with Crippen molar-refractivity contribution in [3.05, 3.63) is 34.9 Å². The lowest BCUT2D eigenvalue weighted by Gasteiger charge is -2.40. The van der Waals surface area contributed by atoms with Crippen molar-refractivity contribution < 1.29 is 19.7 Å². The molecule has 2 N–H and O–H groups in total. The van der Waals surface area contributed by atoms with E-state index in [9.17, 15) is 10.2 Å². The van der Waals surface area contributed by atoms with Gasteiger partial charge in [0.25, 0.3) is 0 Å². The van der Waals surface area contributed by atoms with Crippen molar-refractivity contribution >= 4 is 0 Å². The van der Waals surface area contributed by atoms with Crippen LogP contribution >= 0.6 is 0 Å². The molecule has 2 aliphatic rings. The van der Waals surface area contributed by atoms with Crippen LogP contribution in [0.2, 0.25) is 0 Å². The van der Waals surface area contributed by atoms with Gasteiger partial charge in [-0.25, -0.2) is 0 Å². The van der Waals surface area contributed by atoms with E-state index in [1.807, 2.05) is 12.1 Å². The van der Waals surface area contributed by atoms with Crippen molar-refractivity contribution in [1.29, 1.82) is 0 Å². The van der Waals surface area contributed by atoms with Crippen LogP contribution in [0.25, 0.3) is 11.1 Å². The maximum absolute atomic E-state index is 10.5. The number of phenolic OH excluding ortho intramolecular Hbond substituents is 2. The molecule has 5 heteroatoms. The number of fused-ring (bicyclic) bond motifs is 2. The van der Waals surface area contributed by atoms with Gasteiger partial charge in [-0.15, -0.1) is 0 Å². The number of methoxy groups -OCH3 is 2. The van der Waals surface area contributed by atoms with Crippen LogP contribution in [0.5, 0.6) is 23.0 Å². The fourth-order valence-corrected chi connectivity index (χ4v) is 4.11. The Morgan fingerprint density at radius 1 is 1.08 bits per heavy atom. The molecule has 1 atom stereocenters. The monoisotopic (exact) mass is 327 g/mol. The molecular formula is C19H21NO4. The lowest BCUT2D eigenvalue weighted by atomic mass is 9.76. The summed E-state index contributed by atoms with van der Waals surface area (Å²) in [6.07, 6.45) is 1.72. The molecule has 5 nitrogen and oxygen atoms in total. The number of hydrogen-bond acceptors (Lipinski definition) is 5. The summed E-state index contributed by atoms with van der Waals surface area (Å²) >= 11 is 0. The van der Waals surface area contributed by atoms with E-state index in [0.717, 1.165) is 30.5 Å². The van der Waals surface area contributed by atoms with Gasteiger partial charge in [-0.3, -0.25) is 4.90 Å². The summed E-state index contributed by atoms with van der Waals surface area (Å²) in [6.45, 7) is 0.978. The quantitative estimate of drug-likeness (QED) is 0.831. The zero-order valence-electron chi connectivity index (χ0n) is 14.1. The lowest BCUT2D eigenvalue weighted by molar-refractivity contribution is 0.226. The molecular weight excluding hydrogens is 306 g/mol. The van der Waals surface area contributed by atoms with Crippen molar-refractivity contribution in [3.8, 4) is 34.1 Å². The third-order valence-corrected chi connectivity index (χ3v) is 5.30. The first-order valence-electron chi connectivity index (χ1n) is 8.09. The van der Waals surface area contributed by atoms with Gasteiger partial charge in [-0.2, -0.15) is 0 Å². The third kappa shape index (κ3) is 1.91. The number of phenols is 2. The molecule has 2 aromatic carbocycles. The predicted octanol–water partition coefficient (Wildman–Crippen LogP) is 2.87. The Morgan fingerprint density at radius 3 is 2.58 bits per heavy atom. The van der Waals surface area contributed by atoms with Crippen LogP contribution in [0.3, 0.4) is 0 Å². The number of nitrogens with zero attached hydrogens (tertiary/aromatic N) is 1. The molecule has 0 saturated carbocycles. The molecule has 126 valence electrons. The molecule has 1 heterocycles. The number of benzene rings is 2. The average molecular weight is 327 g/mol. The SMILES string of the molecule is COc1cc2c3c(c1OC)-c1c(ccc(O)c1O)C[C@H]3N(C)CC2. The Labute approximate surface area is 141 Å². The number of rotatable bonds is 2. The van der Waals surface area contributed by atoms with Gasteiger partial charge in [0.05, 0.1) is 14.2 Å². The maximum atomic E-state index is 10.5. The first-order chi connectivity index (χ1) is 11.6. The number of aromatic hydroxyl groups is 2. The molecule has 0 fully saturated rings. The van der Waals surface area contributed by atoms with Crippen molar-refractivity contribution in [3.63, 3.8) is 0 Å². The molecule has 2 aromatic rings. The molecule has 0 unspecified atom stereocenters. The van der Waals surface area contributed by atoms with Crippen molar-refractivity contribution in [2.45, 2.75) is 18.9 Å². The number of ether oxygens (including phenoxy) is 2. The molecule has 0 saturated heterocycles. The van der Waals surface area contributed by atoms with Gasteiger partial charge in [-0.05, 0) is 48.7 Å². The van der Waals surface area contributed by atoms with E-state index in [4.69, 9.17) is 9.47 Å². The fourth-order valence-electron chi connectivity index (χ4n) is 4.11. The van der Waals surface area contributed by atoms with E-state index < -0.39 is 0 Å². The van der Waals surface area contributed by atoms with Gasteiger partial charge in [0.1, 0.15) is 0 Å². The second-order valence-corrected chi connectivity index (χ2v) is 6.48. The molecule has 4 rings (SSSR count). The van der Waals surface area contributed by atoms with Crippen molar-refractivity contribution in [2.24, 2.45) is 0 Å². The van der Waals surface area contributed by atoms with E-state index in [1.54, 1.807) is 20.3 Å². The Balaban J connectivity index is 2.13. The standard InChI is InChI=1S/C19H21NO4/c1-20-7-6-11-9-14(23-2)19(24-3)17-15(11)12(20)8-10-4-5-13(21)18(22)16(10)17/h4-5,9,12,21-22H,6-8H2,1-3H3/t12-/m1/s1. The maximum Gasteiger partial charge on any atom is 0.169 e. The van der Waals surface area contributed by atoms with Gasteiger partial charge in [-0.1, -0.05) is 6.07 Å². The highest BCUT2D eigenvalue weighted by Gasteiger charge is 2.37. The molecule has 1 aliphatic carbocycles.